The van der Waals surface area contributed by atoms with Crippen molar-refractivity contribution in [2.24, 2.45) is 11.7 Å². The Morgan fingerprint density at radius 2 is 2.47 bits per heavy atom. The number of aromatic hydroxyl groups is 1. The third-order valence-electron chi connectivity index (χ3n) is 2.92. The second-order valence-corrected chi connectivity index (χ2v) is 4.04. The molecule has 1 fully saturated rings. The van der Waals surface area contributed by atoms with Gasteiger partial charge >= 0.3 is 0 Å². The maximum absolute atomic E-state index is 9.69. The molecule has 0 bridgehead atoms. The number of rotatable bonds is 2. The van der Waals surface area contributed by atoms with Crippen LogP contribution in [0.5, 0.6) is 5.75 Å². The molecular formula is C11H17N3O. The molecule has 1 aliphatic heterocycles. The Morgan fingerprint density at radius 3 is 3.20 bits per heavy atom. The summed E-state index contributed by atoms with van der Waals surface area (Å²) < 4.78 is 0. The lowest BCUT2D eigenvalue weighted by atomic mass is 9.98. The van der Waals surface area contributed by atoms with E-state index in [9.17, 15) is 5.11 Å². The first kappa shape index (κ1) is 10.2. The molecule has 2 rings (SSSR count). The molecular weight excluding hydrogens is 190 g/mol. The summed E-state index contributed by atoms with van der Waals surface area (Å²) in [5.41, 5.74) is 5.67. The van der Waals surface area contributed by atoms with Crippen LogP contribution in [0.1, 0.15) is 12.8 Å². The second-order valence-electron chi connectivity index (χ2n) is 4.04. The highest BCUT2D eigenvalue weighted by atomic mass is 16.3. The highest BCUT2D eigenvalue weighted by Gasteiger charge is 2.21. The molecule has 1 saturated heterocycles. The zero-order valence-electron chi connectivity index (χ0n) is 8.76. The smallest absolute Gasteiger partial charge is 0.171 e. The summed E-state index contributed by atoms with van der Waals surface area (Å²) in [7, 11) is 0. The van der Waals surface area contributed by atoms with Crippen LogP contribution in [-0.4, -0.2) is 29.7 Å². The fourth-order valence-electron chi connectivity index (χ4n) is 2.08. The highest BCUT2D eigenvalue weighted by molar-refractivity contribution is 5.51. The topological polar surface area (TPSA) is 62.4 Å². The normalized spacial score (nSPS) is 21.7. The Morgan fingerprint density at radius 1 is 1.60 bits per heavy atom. The van der Waals surface area contributed by atoms with Crippen molar-refractivity contribution in [1.29, 1.82) is 0 Å². The molecule has 1 aliphatic rings. The lowest BCUT2D eigenvalue weighted by Gasteiger charge is -2.33. The number of hydrogen-bond acceptors (Lipinski definition) is 4. The van der Waals surface area contributed by atoms with Crippen LogP contribution < -0.4 is 10.6 Å². The summed E-state index contributed by atoms with van der Waals surface area (Å²) in [4.78, 5) is 6.33. The average Bonchev–Trinajstić information content (AvgIpc) is 2.30. The number of anilines is 1. The SMILES string of the molecule is NC[C@@H]1CCCN(c2ncccc2O)C1. The van der Waals surface area contributed by atoms with Crippen LogP contribution >= 0.6 is 0 Å². The van der Waals surface area contributed by atoms with Gasteiger partial charge in [-0.1, -0.05) is 0 Å². The van der Waals surface area contributed by atoms with E-state index in [0.717, 1.165) is 19.5 Å². The van der Waals surface area contributed by atoms with Gasteiger partial charge in [-0.3, -0.25) is 0 Å². The molecule has 2 heterocycles. The van der Waals surface area contributed by atoms with E-state index in [1.165, 1.54) is 6.42 Å². The van der Waals surface area contributed by atoms with Crippen molar-refractivity contribution < 1.29 is 5.11 Å². The molecule has 4 nitrogen and oxygen atoms in total. The predicted octanol–water partition coefficient (Wildman–Crippen LogP) is 0.962. The van der Waals surface area contributed by atoms with Gasteiger partial charge in [-0.05, 0) is 37.4 Å². The van der Waals surface area contributed by atoms with Crippen LogP contribution in [0.15, 0.2) is 18.3 Å². The maximum atomic E-state index is 9.69. The van der Waals surface area contributed by atoms with E-state index in [-0.39, 0.29) is 5.75 Å². The first-order valence-corrected chi connectivity index (χ1v) is 5.40. The molecule has 15 heavy (non-hydrogen) atoms. The number of hydrogen-bond donors (Lipinski definition) is 2. The van der Waals surface area contributed by atoms with Gasteiger partial charge in [-0.15, -0.1) is 0 Å². The monoisotopic (exact) mass is 207 g/mol. The molecule has 0 saturated carbocycles. The van der Waals surface area contributed by atoms with E-state index < -0.39 is 0 Å². The van der Waals surface area contributed by atoms with Crippen LogP contribution in [-0.2, 0) is 0 Å². The molecule has 1 aromatic heterocycles. The van der Waals surface area contributed by atoms with E-state index in [1.54, 1.807) is 18.3 Å². The molecule has 4 heteroatoms. The number of aromatic nitrogens is 1. The summed E-state index contributed by atoms with van der Waals surface area (Å²) in [6.07, 6.45) is 4.01. The van der Waals surface area contributed by atoms with Crippen LogP contribution in [0, 0.1) is 5.92 Å². The van der Waals surface area contributed by atoms with Crippen molar-refractivity contribution in [1.82, 2.24) is 4.98 Å². The minimum atomic E-state index is 0.259. The summed E-state index contributed by atoms with van der Waals surface area (Å²) in [5.74, 6) is 1.48. The molecule has 0 amide bonds. The summed E-state index contributed by atoms with van der Waals surface area (Å²) in [6.45, 7) is 2.58. The van der Waals surface area contributed by atoms with Crippen molar-refractivity contribution in [2.45, 2.75) is 12.8 Å². The van der Waals surface area contributed by atoms with Crippen LogP contribution in [0.4, 0.5) is 5.82 Å². The Kier molecular flexibility index (Phi) is 3.06. The first-order valence-electron chi connectivity index (χ1n) is 5.40. The van der Waals surface area contributed by atoms with Gasteiger partial charge in [-0.25, -0.2) is 4.98 Å². The third-order valence-corrected chi connectivity index (χ3v) is 2.92. The molecule has 82 valence electrons. The Bertz CT molecular complexity index is 329. The van der Waals surface area contributed by atoms with Crippen molar-refractivity contribution in [2.75, 3.05) is 24.5 Å². The second kappa shape index (κ2) is 4.49. The van der Waals surface area contributed by atoms with Gasteiger partial charge in [0.15, 0.2) is 11.6 Å². The van der Waals surface area contributed by atoms with Gasteiger partial charge < -0.3 is 15.7 Å². The molecule has 0 spiro atoms. The zero-order chi connectivity index (χ0) is 10.7. The molecule has 0 aliphatic carbocycles. The Labute approximate surface area is 89.7 Å². The van der Waals surface area contributed by atoms with E-state index in [0.29, 0.717) is 18.3 Å². The quantitative estimate of drug-likeness (QED) is 0.758. The molecule has 0 unspecified atom stereocenters. The molecule has 0 aromatic carbocycles. The maximum Gasteiger partial charge on any atom is 0.171 e. The first-order chi connectivity index (χ1) is 7.31. The molecule has 0 radical (unpaired) electrons. The summed E-state index contributed by atoms with van der Waals surface area (Å²) >= 11 is 0. The van der Waals surface area contributed by atoms with E-state index in [2.05, 4.69) is 9.88 Å². The van der Waals surface area contributed by atoms with Gasteiger partial charge in [0.05, 0.1) is 0 Å². The van der Waals surface area contributed by atoms with Crippen LogP contribution in [0.3, 0.4) is 0 Å². The molecule has 3 N–H and O–H groups in total. The largest absolute Gasteiger partial charge is 0.504 e. The fourth-order valence-corrected chi connectivity index (χ4v) is 2.08. The van der Waals surface area contributed by atoms with Gasteiger partial charge in [0, 0.05) is 19.3 Å². The number of piperidine rings is 1. The fraction of sp³-hybridized carbons (Fsp3) is 0.545. The van der Waals surface area contributed by atoms with Gasteiger partial charge in [0.1, 0.15) is 0 Å². The van der Waals surface area contributed by atoms with Gasteiger partial charge in [0.25, 0.3) is 0 Å². The minimum Gasteiger partial charge on any atom is -0.504 e. The number of pyridine rings is 1. The van der Waals surface area contributed by atoms with Crippen molar-refractivity contribution in [3.63, 3.8) is 0 Å². The predicted molar refractivity (Wildman–Crippen MR) is 59.9 cm³/mol. The Hall–Kier alpha value is -1.29. The molecule has 1 aromatic rings. The molecule has 1 atom stereocenters. The summed E-state index contributed by atoms with van der Waals surface area (Å²) in [5, 5.41) is 9.69. The van der Waals surface area contributed by atoms with E-state index in [4.69, 9.17) is 5.73 Å². The zero-order valence-corrected chi connectivity index (χ0v) is 8.76. The third kappa shape index (κ3) is 2.21. The number of nitrogens with zero attached hydrogens (tertiary/aromatic N) is 2. The van der Waals surface area contributed by atoms with E-state index in [1.807, 2.05) is 0 Å². The lowest BCUT2D eigenvalue weighted by molar-refractivity contribution is 0.412. The average molecular weight is 207 g/mol. The lowest BCUT2D eigenvalue weighted by Crippen LogP contribution is -2.38. The Balaban J connectivity index is 2.13. The van der Waals surface area contributed by atoms with Gasteiger partial charge in [0.2, 0.25) is 0 Å². The van der Waals surface area contributed by atoms with Crippen molar-refractivity contribution in [3.8, 4) is 5.75 Å². The van der Waals surface area contributed by atoms with Crippen LogP contribution in [0.2, 0.25) is 0 Å². The van der Waals surface area contributed by atoms with Gasteiger partial charge in [-0.2, -0.15) is 0 Å². The summed E-state index contributed by atoms with van der Waals surface area (Å²) in [6, 6.07) is 3.41. The highest BCUT2D eigenvalue weighted by Crippen LogP contribution is 2.27. The standard InChI is InChI=1S/C11H17N3O/c12-7-9-3-2-6-14(8-9)11-10(15)4-1-5-13-11/h1,4-5,9,15H,2-3,6-8,12H2/t9-/m0/s1. The van der Waals surface area contributed by atoms with E-state index >= 15 is 0 Å². The van der Waals surface area contributed by atoms with Crippen molar-refractivity contribution >= 4 is 5.82 Å². The minimum absolute atomic E-state index is 0.259. The van der Waals surface area contributed by atoms with Crippen LogP contribution in [0.25, 0.3) is 0 Å². The number of nitrogens with two attached hydrogens (primary N) is 1. The van der Waals surface area contributed by atoms with Crippen molar-refractivity contribution in [3.05, 3.63) is 18.3 Å².